The lowest BCUT2D eigenvalue weighted by Gasteiger charge is -2.21. The molecule has 1 N–H and O–H groups in total. The molecule has 0 atom stereocenters. The Morgan fingerprint density at radius 1 is 1.50 bits per heavy atom. The number of benzene rings is 1. The SMILES string of the molecule is Cc1cc(C(=O)O)ccc1N(C)CC(F)F. The molecule has 0 saturated heterocycles. The Labute approximate surface area is 92.3 Å². The van der Waals surface area contributed by atoms with Gasteiger partial charge >= 0.3 is 5.97 Å². The van der Waals surface area contributed by atoms with Crippen LogP contribution in [0.25, 0.3) is 0 Å². The van der Waals surface area contributed by atoms with Gasteiger partial charge in [-0.2, -0.15) is 0 Å². The molecule has 1 aromatic carbocycles. The van der Waals surface area contributed by atoms with Crippen LogP contribution in [0.5, 0.6) is 0 Å². The second kappa shape index (κ2) is 4.92. The Morgan fingerprint density at radius 3 is 2.56 bits per heavy atom. The number of hydrogen-bond acceptors (Lipinski definition) is 2. The van der Waals surface area contributed by atoms with Crippen LogP contribution in [0.4, 0.5) is 14.5 Å². The highest BCUT2D eigenvalue weighted by molar-refractivity contribution is 5.88. The van der Waals surface area contributed by atoms with Crippen LogP contribution >= 0.6 is 0 Å². The fourth-order valence-electron chi connectivity index (χ4n) is 1.52. The molecule has 0 radical (unpaired) electrons. The fraction of sp³-hybridized carbons (Fsp3) is 0.364. The van der Waals surface area contributed by atoms with Crippen molar-refractivity contribution in [3.63, 3.8) is 0 Å². The number of hydrogen-bond donors (Lipinski definition) is 1. The standard InChI is InChI=1S/C11H13F2NO2/c1-7-5-8(11(15)16)3-4-9(7)14(2)6-10(12)13/h3-5,10H,6H2,1-2H3,(H,15,16). The number of alkyl halides is 2. The summed E-state index contributed by atoms with van der Waals surface area (Å²) in [6.45, 7) is 1.33. The van der Waals surface area contributed by atoms with Crippen molar-refractivity contribution in [1.82, 2.24) is 0 Å². The van der Waals surface area contributed by atoms with Crippen molar-refractivity contribution < 1.29 is 18.7 Å². The van der Waals surface area contributed by atoms with Crippen LogP contribution in [-0.2, 0) is 0 Å². The van der Waals surface area contributed by atoms with Crippen LogP contribution in [0.15, 0.2) is 18.2 Å². The van der Waals surface area contributed by atoms with E-state index >= 15 is 0 Å². The van der Waals surface area contributed by atoms with E-state index in [1.165, 1.54) is 17.0 Å². The molecular formula is C11H13F2NO2. The van der Waals surface area contributed by atoms with Crippen LogP contribution in [0.2, 0.25) is 0 Å². The lowest BCUT2D eigenvalue weighted by molar-refractivity contribution is 0.0696. The van der Waals surface area contributed by atoms with Gasteiger partial charge in [-0.3, -0.25) is 0 Å². The summed E-state index contributed by atoms with van der Waals surface area (Å²) in [5.41, 5.74) is 1.44. The first-order chi connectivity index (χ1) is 7.41. The summed E-state index contributed by atoms with van der Waals surface area (Å²) in [6, 6.07) is 4.42. The Balaban J connectivity index is 2.94. The van der Waals surface area contributed by atoms with Crippen LogP contribution in [-0.4, -0.2) is 31.1 Å². The van der Waals surface area contributed by atoms with Crippen LogP contribution in [0.3, 0.4) is 0 Å². The average Bonchev–Trinajstić information content (AvgIpc) is 2.15. The minimum absolute atomic E-state index is 0.159. The van der Waals surface area contributed by atoms with Crippen LogP contribution in [0.1, 0.15) is 15.9 Å². The van der Waals surface area contributed by atoms with Crippen molar-refractivity contribution in [3.8, 4) is 0 Å². The number of halogens is 2. The Morgan fingerprint density at radius 2 is 2.12 bits per heavy atom. The van der Waals surface area contributed by atoms with Crippen molar-refractivity contribution in [2.24, 2.45) is 0 Å². The molecule has 0 bridgehead atoms. The summed E-state index contributed by atoms with van der Waals surface area (Å²) in [5.74, 6) is -1.02. The number of anilines is 1. The first kappa shape index (κ1) is 12.4. The Hall–Kier alpha value is -1.65. The van der Waals surface area contributed by atoms with E-state index in [0.717, 1.165) is 0 Å². The third-order valence-corrected chi connectivity index (χ3v) is 2.27. The minimum Gasteiger partial charge on any atom is -0.478 e. The fourth-order valence-corrected chi connectivity index (χ4v) is 1.52. The second-order valence-electron chi connectivity index (χ2n) is 3.58. The summed E-state index contributed by atoms with van der Waals surface area (Å²) in [5, 5.41) is 8.75. The zero-order chi connectivity index (χ0) is 12.3. The van der Waals surface area contributed by atoms with E-state index in [1.54, 1.807) is 20.0 Å². The van der Waals surface area contributed by atoms with E-state index in [-0.39, 0.29) is 12.1 Å². The third-order valence-electron chi connectivity index (χ3n) is 2.27. The molecule has 0 spiro atoms. The first-order valence-electron chi connectivity index (χ1n) is 4.75. The number of carboxylic acids is 1. The van der Waals surface area contributed by atoms with Crippen LogP contribution in [0, 0.1) is 6.92 Å². The summed E-state index contributed by atoms with van der Waals surface area (Å²) in [4.78, 5) is 12.1. The molecule has 88 valence electrons. The summed E-state index contributed by atoms with van der Waals surface area (Å²) >= 11 is 0. The van der Waals surface area contributed by atoms with Gasteiger partial charge in [-0.25, -0.2) is 13.6 Å². The Kier molecular flexibility index (Phi) is 3.82. The van der Waals surface area contributed by atoms with Gasteiger partial charge in [0.1, 0.15) is 0 Å². The van der Waals surface area contributed by atoms with E-state index in [1.807, 2.05) is 0 Å². The van der Waals surface area contributed by atoms with Crippen molar-refractivity contribution in [3.05, 3.63) is 29.3 Å². The molecule has 0 aromatic heterocycles. The van der Waals surface area contributed by atoms with Crippen molar-refractivity contribution in [1.29, 1.82) is 0 Å². The smallest absolute Gasteiger partial charge is 0.335 e. The minimum atomic E-state index is -2.41. The third kappa shape index (κ3) is 2.92. The predicted octanol–water partition coefficient (Wildman–Crippen LogP) is 2.39. The highest BCUT2D eigenvalue weighted by Crippen LogP contribution is 2.20. The topological polar surface area (TPSA) is 40.5 Å². The van der Waals surface area contributed by atoms with Gasteiger partial charge in [-0.1, -0.05) is 0 Å². The number of rotatable bonds is 4. The normalized spacial score (nSPS) is 10.6. The second-order valence-corrected chi connectivity index (χ2v) is 3.58. The van der Waals surface area contributed by atoms with Gasteiger partial charge in [0, 0.05) is 12.7 Å². The quantitative estimate of drug-likeness (QED) is 0.861. The van der Waals surface area contributed by atoms with E-state index in [2.05, 4.69) is 0 Å². The number of aryl methyl sites for hydroxylation is 1. The van der Waals surface area contributed by atoms with Crippen molar-refractivity contribution in [2.45, 2.75) is 13.3 Å². The van der Waals surface area contributed by atoms with E-state index in [0.29, 0.717) is 11.3 Å². The molecule has 1 rings (SSSR count). The molecule has 0 heterocycles. The highest BCUT2D eigenvalue weighted by atomic mass is 19.3. The van der Waals surface area contributed by atoms with Crippen molar-refractivity contribution in [2.75, 3.05) is 18.5 Å². The van der Waals surface area contributed by atoms with Gasteiger partial charge in [0.2, 0.25) is 0 Å². The van der Waals surface area contributed by atoms with Gasteiger partial charge in [0.15, 0.2) is 0 Å². The molecule has 0 fully saturated rings. The molecular weight excluding hydrogens is 216 g/mol. The summed E-state index contributed by atoms with van der Waals surface area (Å²) < 4.78 is 24.3. The zero-order valence-corrected chi connectivity index (χ0v) is 9.08. The maximum Gasteiger partial charge on any atom is 0.335 e. The molecule has 0 unspecified atom stereocenters. The molecule has 0 saturated carbocycles. The summed E-state index contributed by atoms with van der Waals surface area (Å²) in [6.07, 6.45) is -2.41. The zero-order valence-electron chi connectivity index (χ0n) is 9.08. The molecule has 0 aliphatic heterocycles. The Bertz CT molecular complexity index is 394. The predicted molar refractivity (Wildman–Crippen MR) is 57.4 cm³/mol. The largest absolute Gasteiger partial charge is 0.478 e. The van der Waals surface area contributed by atoms with Crippen molar-refractivity contribution >= 4 is 11.7 Å². The number of carbonyl (C=O) groups is 1. The molecule has 0 amide bonds. The maximum atomic E-state index is 12.2. The first-order valence-corrected chi connectivity index (χ1v) is 4.75. The molecule has 0 aliphatic rings. The molecule has 0 aliphatic carbocycles. The number of nitrogens with zero attached hydrogens (tertiary/aromatic N) is 1. The molecule has 3 nitrogen and oxygen atoms in total. The van der Waals surface area contributed by atoms with Crippen LogP contribution < -0.4 is 4.90 Å². The highest BCUT2D eigenvalue weighted by Gasteiger charge is 2.12. The van der Waals surface area contributed by atoms with E-state index in [4.69, 9.17) is 5.11 Å². The maximum absolute atomic E-state index is 12.2. The summed E-state index contributed by atoms with van der Waals surface area (Å²) in [7, 11) is 1.55. The lowest BCUT2D eigenvalue weighted by atomic mass is 10.1. The van der Waals surface area contributed by atoms with Gasteiger partial charge in [0.25, 0.3) is 6.43 Å². The molecule has 5 heteroatoms. The molecule has 1 aromatic rings. The average molecular weight is 229 g/mol. The number of carboxylic acid groups (broad SMARTS) is 1. The van der Waals surface area contributed by atoms with E-state index < -0.39 is 12.4 Å². The van der Waals surface area contributed by atoms with E-state index in [9.17, 15) is 13.6 Å². The lowest BCUT2D eigenvalue weighted by Crippen LogP contribution is -2.24. The van der Waals surface area contributed by atoms with Gasteiger partial charge < -0.3 is 10.0 Å². The molecule has 16 heavy (non-hydrogen) atoms. The monoisotopic (exact) mass is 229 g/mol. The number of aromatic carboxylic acids is 1. The van der Waals surface area contributed by atoms with Gasteiger partial charge in [0.05, 0.1) is 12.1 Å². The van der Waals surface area contributed by atoms with Gasteiger partial charge in [-0.15, -0.1) is 0 Å². The van der Waals surface area contributed by atoms with Gasteiger partial charge in [-0.05, 0) is 30.7 Å².